The summed E-state index contributed by atoms with van der Waals surface area (Å²) in [6.45, 7) is 5.66. The van der Waals surface area contributed by atoms with E-state index in [9.17, 15) is 4.39 Å². The van der Waals surface area contributed by atoms with Crippen molar-refractivity contribution < 1.29 is 4.39 Å². The second-order valence-electron chi connectivity index (χ2n) is 4.23. The van der Waals surface area contributed by atoms with Crippen LogP contribution in [0.4, 0.5) is 10.1 Å². The lowest BCUT2D eigenvalue weighted by molar-refractivity contribution is 0.619. The molecular weight excluding hydrogens is 281 g/mol. The monoisotopic (exact) mass is 293 g/mol. The van der Waals surface area contributed by atoms with Crippen LogP contribution in [0.2, 0.25) is 5.02 Å². The lowest BCUT2D eigenvalue weighted by atomic mass is 10.1. The van der Waals surface area contributed by atoms with Gasteiger partial charge in [0.05, 0.1) is 5.02 Å². The molecule has 0 atom stereocenters. The summed E-state index contributed by atoms with van der Waals surface area (Å²) in [4.78, 5) is 0.678. The van der Waals surface area contributed by atoms with E-state index in [0.29, 0.717) is 26.9 Å². The van der Waals surface area contributed by atoms with Gasteiger partial charge < -0.3 is 5.32 Å². The molecule has 0 spiro atoms. The SMILES string of the molecule is C=C(Nc1ccc(C)c(F)c1)c1ccc(Cl)c(S)c1. The molecule has 1 N–H and O–H groups in total. The number of thiol groups is 1. The van der Waals surface area contributed by atoms with Crippen molar-refractivity contribution in [1.29, 1.82) is 0 Å². The summed E-state index contributed by atoms with van der Waals surface area (Å²) in [6, 6.07) is 10.4. The van der Waals surface area contributed by atoms with E-state index in [1.165, 1.54) is 6.07 Å². The van der Waals surface area contributed by atoms with Gasteiger partial charge in [-0.15, -0.1) is 12.6 Å². The summed E-state index contributed by atoms with van der Waals surface area (Å²) in [5.74, 6) is -0.246. The van der Waals surface area contributed by atoms with Crippen LogP contribution >= 0.6 is 24.2 Å². The van der Waals surface area contributed by atoms with Crippen molar-refractivity contribution >= 4 is 35.6 Å². The van der Waals surface area contributed by atoms with Gasteiger partial charge in [-0.05, 0) is 42.3 Å². The topological polar surface area (TPSA) is 12.0 Å². The summed E-state index contributed by atoms with van der Waals surface area (Å²) in [5, 5.41) is 3.65. The fraction of sp³-hybridized carbons (Fsp3) is 0.0667. The van der Waals surface area contributed by atoms with Crippen LogP contribution in [0.15, 0.2) is 47.9 Å². The first kappa shape index (κ1) is 14.0. The summed E-state index contributed by atoms with van der Waals surface area (Å²) in [5.41, 5.74) is 2.79. The van der Waals surface area contributed by atoms with Crippen molar-refractivity contribution in [2.45, 2.75) is 11.8 Å². The van der Waals surface area contributed by atoms with Crippen molar-refractivity contribution in [2.75, 3.05) is 5.32 Å². The van der Waals surface area contributed by atoms with Gasteiger partial charge >= 0.3 is 0 Å². The van der Waals surface area contributed by atoms with E-state index in [1.807, 2.05) is 12.1 Å². The maximum atomic E-state index is 13.4. The normalized spacial score (nSPS) is 10.3. The van der Waals surface area contributed by atoms with Crippen LogP contribution < -0.4 is 5.32 Å². The maximum Gasteiger partial charge on any atom is 0.128 e. The van der Waals surface area contributed by atoms with Crippen molar-refractivity contribution in [3.63, 3.8) is 0 Å². The molecule has 98 valence electrons. The zero-order valence-electron chi connectivity index (χ0n) is 10.4. The molecule has 0 aliphatic heterocycles. The minimum atomic E-state index is -0.246. The second kappa shape index (κ2) is 5.68. The number of anilines is 1. The zero-order chi connectivity index (χ0) is 14.0. The van der Waals surface area contributed by atoms with Crippen molar-refractivity contribution in [3.8, 4) is 0 Å². The molecule has 0 fully saturated rings. The van der Waals surface area contributed by atoms with Gasteiger partial charge in [0.1, 0.15) is 5.82 Å². The Morgan fingerprint density at radius 1 is 1.26 bits per heavy atom. The predicted molar refractivity (Wildman–Crippen MR) is 82.5 cm³/mol. The van der Waals surface area contributed by atoms with Gasteiger partial charge in [0, 0.05) is 16.3 Å². The number of aryl methyl sites for hydroxylation is 1. The second-order valence-corrected chi connectivity index (χ2v) is 5.12. The Morgan fingerprint density at radius 3 is 2.63 bits per heavy atom. The van der Waals surface area contributed by atoms with Gasteiger partial charge in [0.25, 0.3) is 0 Å². The van der Waals surface area contributed by atoms with Crippen molar-refractivity contribution in [3.05, 3.63) is 64.9 Å². The van der Waals surface area contributed by atoms with Gasteiger partial charge in [-0.3, -0.25) is 0 Å². The Hall–Kier alpha value is -1.45. The Labute approximate surface area is 122 Å². The lowest BCUT2D eigenvalue weighted by Gasteiger charge is -2.11. The van der Waals surface area contributed by atoms with Crippen LogP contribution in [-0.4, -0.2) is 0 Å². The predicted octanol–water partition coefficient (Wildman–Crippen LogP) is 5.16. The Morgan fingerprint density at radius 2 is 2.00 bits per heavy atom. The van der Waals surface area contributed by atoms with Crippen LogP contribution in [0, 0.1) is 12.7 Å². The molecule has 0 saturated heterocycles. The fourth-order valence-corrected chi connectivity index (χ4v) is 1.95. The molecule has 0 bridgehead atoms. The largest absolute Gasteiger partial charge is 0.355 e. The third kappa shape index (κ3) is 3.31. The lowest BCUT2D eigenvalue weighted by Crippen LogP contribution is -1.98. The minimum absolute atomic E-state index is 0.246. The first-order valence-electron chi connectivity index (χ1n) is 5.68. The molecule has 0 radical (unpaired) electrons. The third-order valence-corrected chi connectivity index (χ3v) is 3.59. The first-order chi connectivity index (χ1) is 8.97. The molecule has 0 aromatic heterocycles. The molecule has 0 unspecified atom stereocenters. The van der Waals surface area contributed by atoms with E-state index in [1.54, 1.807) is 25.1 Å². The van der Waals surface area contributed by atoms with E-state index in [2.05, 4.69) is 24.5 Å². The molecule has 4 heteroatoms. The Balaban J connectivity index is 2.20. The van der Waals surface area contributed by atoms with Crippen LogP contribution in [0.1, 0.15) is 11.1 Å². The van der Waals surface area contributed by atoms with E-state index in [4.69, 9.17) is 11.6 Å². The molecule has 1 nitrogen and oxygen atoms in total. The highest BCUT2D eigenvalue weighted by Gasteiger charge is 2.04. The highest BCUT2D eigenvalue weighted by molar-refractivity contribution is 7.80. The standard InChI is InChI=1S/C15H13ClFNS/c1-9-3-5-12(8-14(9)17)18-10(2)11-4-6-13(16)15(19)7-11/h3-8,18-19H,2H2,1H3. The van der Waals surface area contributed by atoms with Crippen LogP contribution in [0.3, 0.4) is 0 Å². The Bertz CT molecular complexity index is 640. The number of benzene rings is 2. The molecule has 2 aromatic rings. The molecular formula is C15H13ClFNS. The van der Waals surface area contributed by atoms with E-state index >= 15 is 0 Å². The number of rotatable bonds is 3. The molecule has 0 heterocycles. The molecule has 2 aromatic carbocycles. The maximum absolute atomic E-state index is 13.4. The highest BCUT2D eigenvalue weighted by atomic mass is 35.5. The highest BCUT2D eigenvalue weighted by Crippen LogP contribution is 2.25. The minimum Gasteiger partial charge on any atom is -0.355 e. The van der Waals surface area contributed by atoms with Crippen LogP contribution in [0.5, 0.6) is 0 Å². The molecule has 0 amide bonds. The smallest absolute Gasteiger partial charge is 0.128 e. The van der Waals surface area contributed by atoms with Gasteiger partial charge in [0.2, 0.25) is 0 Å². The molecule has 0 aliphatic rings. The third-order valence-electron chi connectivity index (χ3n) is 2.76. The molecule has 2 rings (SSSR count). The number of hydrogen-bond donors (Lipinski definition) is 2. The zero-order valence-corrected chi connectivity index (χ0v) is 12.0. The average molecular weight is 294 g/mol. The first-order valence-corrected chi connectivity index (χ1v) is 6.51. The summed E-state index contributed by atoms with van der Waals surface area (Å²) < 4.78 is 13.4. The number of hydrogen-bond acceptors (Lipinski definition) is 2. The molecule has 19 heavy (non-hydrogen) atoms. The molecule has 0 saturated carbocycles. The number of nitrogens with one attached hydrogen (secondary N) is 1. The van der Waals surface area contributed by atoms with Crippen molar-refractivity contribution in [1.82, 2.24) is 0 Å². The van der Waals surface area contributed by atoms with E-state index < -0.39 is 0 Å². The van der Waals surface area contributed by atoms with E-state index in [0.717, 1.165) is 5.56 Å². The van der Waals surface area contributed by atoms with Crippen molar-refractivity contribution in [2.24, 2.45) is 0 Å². The Kier molecular flexibility index (Phi) is 4.17. The quantitative estimate of drug-likeness (QED) is 0.745. The molecule has 0 aliphatic carbocycles. The summed E-state index contributed by atoms with van der Waals surface area (Å²) in [7, 11) is 0. The fourth-order valence-electron chi connectivity index (χ4n) is 1.62. The van der Waals surface area contributed by atoms with Gasteiger partial charge in [0.15, 0.2) is 0 Å². The van der Waals surface area contributed by atoms with Gasteiger partial charge in [-0.2, -0.15) is 0 Å². The summed E-state index contributed by atoms with van der Waals surface area (Å²) in [6.07, 6.45) is 0. The van der Waals surface area contributed by atoms with Crippen LogP contribution in [-0.2, 0) is 0 Å². The van der Waals surface area contributed by atoms with E-state index in [-0.39, 0.29) is 5.82 Å². The summed E-state index contributed by atoms with van der Waals surface area (Å²) >= 11 is 10.2. The van der Waals surface area contributed by atoms with Gasteiger partial charge in [-0.1, -0.05) is 30.3 Å². The average Bonchev–Trinajstić information content (AvgIpc) is 2.37. The number of halogens is 2. The van der Waals surface area contributed by atoms with Crippen LogP contribution in [0.25, 0.3) is 5.70 Å². The van der Waals surface area contributed by atoms with Gasteiger partial charge in [-0.25, -0.2) is 4.39 Å².